The summed E-state index contributed by atoms with van der Waals surface area (Å²) in [6.07, 6.45) is 2.36. The minimum Gasteiger partial charge on any atom is -0.463 e. The number of nitrogens with zero attached hydrogens (tertiary/aromatic N) is 2. The van der Waals surface area contributed by atoms with E-state index >= 15 is 0 Å². The minimum atomic E-state index is -0.810. The fourth-order valence-corrected chi connectivity index (χ4v) is 1.27. The average Bonchev–Trinajstić information content (AvgIpc) is 2.65. The van der Waals surface area contributed by atoms with Crippen molar-refractivity contribution in [3.05, 3.63) is 23.8 Å². The van der Waals surface area contributed by atoms with E-state index in [2.05, 4.69) is 14.7 Å². The van der Waals surface area contributed by atoms with Gasteiger partial charge >= 0.3 is 11.9 Å². The maximum atomic E-state index is 11.5. The van der Waals surface area contributed by atoms with E-state index in [1.807, 2.05) is 0 Å². The van der Waals surface area contributed by atoms with Gasteiger partial charge in [0.15, 0.2) is 5.69 Å². The zero-order valence-corrected chi connectivity index (χ0v) is 8.67. The normalized spacial score (nSPS) is 19.3. The third kappa shape index (κ3) is 2.16. The first-order valence-electron chi connectivity index (χ1n) is 4.83. The number of rotatable bonds is 2. The highest BCUT2D eigenvalue weighted by Gasteiger charge is 2.30. The van der Waals surface area contributed by atoms with E-state index in [1.54, 1.807) is 6.92 Å². The predicted octanol–water partition coefficient (Wildman–Crippen LogP) is 0.257. The molecule has 2 rings (SSSR count). The van der Waals surface area contributed by atoms with Crippen LogP contribution in [-0.4, -0.2) is 34.6 Å². The molecule has 1 aromatic rings. The number of hydrogen-bond acceptors (Lipinski definition) is 6. The molecule has 0 bridgehead atoms. The molecule has 6 nitrogen and oxygen atoms in total. The number of hydrogen-bond donors (Lipinski definition) is 0. The highest BCUT2D eigenvalue weighted by molar-refractivity contribution is 5.89. The quantitative estimate of drug-likeness (QED) is 0.668. The van der Waals surface area contributed by atoms with E-state index in [9.17, 15) is 9.59 Å². The van der Waals surface area contributed by atoms with E-state index in [4.69, 9.17) is 4.74 Å². The lowest BCUT2D eigenvalue weighted by molar-refractivity contribution is -0.145. The van der Waals surface area contributed by atoms with Crippen LogP contribution in [0, 0.1) is 6.92 Å². The van der Waals surface area contributed by atoms with Crippen LogP contribution in [0.15, 0.2) is 12.4 Å². The summed E-state index contributed by atoms with van der Waals surface area (Å²) in [6.45, 7) is 2.05. The van der Waals surface area contributed by atoms with Gasteiger partial charge < -0.3 is 9.47 Å². The van der Waals surface area contributed by atoms with E-state index < -0.39 is 18.0 Å². The number of cyclic esters (lactones) is 1. The molecule has 0 amide bonds. The summed E-state index contributed by atoms with van der Waals surface area (Å²) in [5.74, 6) is -1.16. The fourth-order valence-electron chi connectivity index (χ4n) is 1.27. The van der Waals surface area contributed by atoms with Gasteiger partial charge in [0, 0.05) is 12.6 Å². The molecule has 0 spiro atoms. The lowest BCUT2D eigenvalue weighted by Crippen LogP contribution is -2.23. The zero-order chi connectivity index (χ0) is 11.5. The third-order valence-corrected chi connectivity index (χ3v) is 2.13. The second-order valence-electron chi connectivity index (χ2n) is 3.39. The van der Waals surface area contributed by atoms with Gasteiger partial charge in [-0.25, -0.2) is 14.6 Å². The van der Waals surface area contributed by atoms with Crippen LogP contribution >= 0.6 is 0 Å². The third-order valence-electron chi connectivity index (χ3n) is 2.13. The molecule has 0 aromatic carbocycles. The Kier molecular flexibility index (Phi) is 2.80. The van der Waals surface area contributed by atoms with Crippen molar-refractivity contribution in [2.75, 3.05) is 6.61 Å². The second kappa shape index (κ2) is 4.26. The van der Waals surface area contributed by atoms with Gasteiger partial charge in [-0.1, -0.05) is 0 Å². The molecule has 84 valence electrons. The van der Waals surface area contributed by atoms with Gasteiger partial charge in [-0.05, 0) is 6.92 Å². The zero-order valence-electron chi connectivity index (χ0n) is 8.67. The Morgan fingerprint density at radius 3 is 2.88 bits per heavy atom. The highest BCUT2D eigenvalue weighted by atomic mass is 16.6. The summed E-state index contributed by atoms with van der Waals surface area (Å²) in [4.78, 5) is 30.4. The second-order valence-corrected chi connectivity index (χ2v) is 3.39. The molecule has 1 saturated heterocycles. The van der Waals surface area contributed by atoms with E-state index in [0.717, 1.165) is 0 Å². The van der Waals surface area contributed by atoms with Crippen molar-refractivity contribution in [2.24, 2.45) is 0 Å². The Bertz CT molecular complexity index is 415. The van der Waals surface area contributed by atoms with Crippen LogP contribution in [0.5, 0.6) is 0 Å². The molecule has 1 aliphatic heterocycles. The van der Waals surface area contributed by atoms with E-state index in [0.29, 0.717) is 12.1 Å². The van der Waals surface area contributed by atoms with Gasteiger partial charge in [-0.2, -0.15) is 0 Å². The van der Waals surface area contributed by atoms with Crippen LogP contribution in [0.25, 0.3) is 0 Å². The molecule has 16 heavy (non-hydrogen) atoms. The van der Waals surface area contributed by atoms with Crippen molar-refractivity contribution in [1.82, 2.24) is 9.97 Å². The highest BCUT2D eigenvalue weighted by Crippen LogP contribution is 2.12. The van der Waals surface area contributed by atoms with Gasteiger partial charge in [0.2, 0.25) is 6.10 Å². The molecule has 0 aliphatic carbocycles. The van der Waals surface area contributed by atoms with Crippen molar-refractivity contribution in [1.29, 1.82) is 0 Å². The van der Waals surface area contributed by atoms with Crippen LogP contribution in [0.1, 0.15) is 22.6 Å². The Labute approximate surface area is 91.6 Å². The largest absolute Gasteiger partial charge is 0.463 e. The molecule has 1 aromatic heterocycles. The maximum absolute atomic E-state index is 11.5. The minimum absolute atomic E-state index is 0.0882. The molecule has 0 radical (unpaired) electrons. The number of carbonyl (C=O) groups excluding carboxylic acids is 2. The monoisotopic (exact) mass is 222 g/mol. The molecule has 1 aliphatic rings. The number of aryl methyl sites for hydroxylation is 1. The molecular formula is C10H10N2O4. The molecule has 1 fully saturated rings. The molecule has 1 atom stereocenters. The summed E-state index contributed by atoms with van der Waals surface area (Å²) in [6, 6.07) is 0. The van der Waals surface area contributed by atoms with Crippen molar-refractivity contribution < 1.29 is 19.1 Å². The Balaban J connectivity index is 2.02. The van der Waals surface area contributed by atoms with Gasteiger partial charge in [0.25, 0.3) is 0 Å². The number of aromatic nitrogens is 2. The van der Waals surface area contributed by atoms with Crippen LogP contribution in [0.2, 0.25) is 0 Å². The number of ether oxygens (including phenoxy) is 2. The maximum Gasteiger partial charge on any atom is 0.359 e. The Morgan fingerprint density at radius 2 is 2.31 bits per heavy atom. The molecule has 0 saturated carbocycles. The Morgan fingerprint density at radius 1 is 1.50 bits per heavy atom. The fraction of sp³-hybridized carbons (Fsp3) is 0.400. The van der Waals surface area contributed by atoms with E-state index in [-0.39, 0.29) is 12.3 Å². The van der Waals surface area contributed by atoms with Crippen LogP contribution in [0.4, 0.5) is 0 Å². The first kappa shape index (κ1) is 10.5. The van der Waals surface area contributed by atoms with Crippen molar-refractivity contribution in [2.45, 2.75) is 19.4 Å². The summed E-state index contributed by atoms with van der Waals surface area (Å²) in [7, 11) is 0. The lowest BCUT2D eigenvalue weighted by atomic mass is 10.3. The predicted molar refractivity (Wildman–Crippen MR) is 51.5 cm³/mol. The van der Waals surface area contributed by atoms with Crippen LogP contribution < -0.4 is 0 Å². The first-order valence-corrected chi connectivity index (χ1v) is 4.83. The Hall–Kier alpha value is -1.98. The SMILES string of the molecule is Cc1cnc(C(=O)OC2CCOC2=O)cn1. The summed E-state index contributed by atoms with van der Waals surface area (Å²) < 4.78 is 9.60. The van der Waals surface area contributed by atoms with Crippen LogP contribution in [0.3, 0.4) is 0 Å². The standard InChI is InChI=1S/C10H10N2O4/c1-6-4-12-7(5-11-6)9(13)16-8-2-3-15-10(8)14/h4-5,8H,2-3H2,1H3. The van der Waals surface area contributed by atoms with Crippen molar-refractivity contribution >= 4 is 11.9 Å². The average molecular weight is 222 g/mol. The summed E-state index contributed by atoms with van der Waals surface area (Å²) in [5.41, 5.74) is 0.794. The molecule has 2 heterocycles. The molecule has 1 unspecified atom stereocenters. The van der Waals surface area contributed by atoms with Gasteiger partial charge in [0.05, 0.1) is 18.5 Å². The van der Waals surface area contributed by atoms with Crippen molar-refractivity contribution in [3.8, 4) is 0 Å². The number of esters is 2. The summed E-state index contributed by atoms with van der Waals surface area (Å²) >= 11 is 0. The van der Waals surface area contributed by atoms with Gasteiger partial charge in [0.1, 0.15) is 0 Å². The first-order chi connectivity index (χ1) is 7.66. The molecular weight excluding hydrogens is 212 g/mol. The molecule has 0 N–H and O–H groups in total. The summed E-state index contributed by atoms with van der Waals surface area (Å²) in [5, 5.41) is 0. The van der Waals surface area contributed by atoms with Gasteiger partial charge in [-0.3, -0.25) is 4.98 Å². The smallest absolute Gasteiger partial charge is 0.359 e. The number of carbonyl (C=O) groups is 2. The molecule has 6 heteroatoms. The van der Waals surface area contributed by atoms with E-state index in [1.165, 1.54) is 12.4 Å². The van der Waals surface area contributed by atoms with Gasteiger partial charge in [-0.15, -0.1) is 0 Å². The van der Waals surface area contributed by atoms with Crippen LogP contribution in [-0.2, 0) is 14.3 Å². The lowest BCUT2D eigenvalue weighted by Gasteiger charge is -2.07. The van der Waals surface area contributed by atoms with Crippen molar-refractivity contribution in [3.63, 3.8) is 0 Å². The topological polar surface area (TPSA) is 78.4 Å².